The minimum absolute atomic E-state index is 0.0226. The van der Waals surface area contributed by atoms with Crippen molar-refractivity contribution in [1.82, 2.24) is 10.6 Å². The van der Waals surface area contributed by atoms with Gasteiger partial charge >= 0.3 is 12.1 Å². The lowest BCUT2D eigenvalue weighted by atomic mass is 9.84. The summed E-state index contributed by atoms with van der Waals surface area (Å²) in [5.74, 6) is -2.14. The molecule has 7 nitrogen and oxygen atoms in total. The van der Waals surface area contributed by atoms with Gasteiger partial charge in [-0.1, -0.05) is 68.3 Å². The number of carboxylic acid groups (broad SMARTS) is 1. The van der Waals surface area contributed by atoms with Crippen LogP contribution in [0.25, 0.3) is 11.1 Å². The fourth-order valence-electron chi connectivity index (χ4n) is 5.17. The zero-order valence-electron chi connectivity index (χ0n) is 19.5. The minimum Gasteiger partial charge on any atom is -0.481 e. The quantitative estimate of drug-likeness (QED) is 0.540. The highest BCUT2D eigenvalue weighted by atomic mass is 16.5. The average molecular weight is 465 g/mol. The van der Waals surface area contributed by atoms with Crippen LogP contribution >= 0.6 is 0 Å². The molecule has 2 aliphatic carbocycles. The van der Waals surface area contributed by atoms with E-state index in [1.807, 2.05) is 24.3 Å². The first-order valence-corrected chi connectivity index (χ1v) is 12.1. The lowest BCUT2D eigenvalue weighted by Gasteiger charge is -2.31. The van der Waals surface area contributed by atoms with E-state index in [2.05, 4.69) is 34.9 Å². The fourth-order valence-corrected chi connectivity index (χ4v) is 5.17. The van der Waals surface area contributed by atoms with Gasteiger partial charge in [0.1, 0.15) is 6.61 Å². The summed E-state index contributed by atoms with van der Waals surface area (Å²) in [5.41, 5.74) is 4.64. The Morgan fingerprint density at radius 2 is 1.62 bits per heavy atom. The number of carboxylic acids is 1. The van der Waals surface area contributed by atoms with Crippen molar-refractivity contribution in [3.63, 3.8) is 0 Å². The highest BCUT2D eigenvalue weighted by molar-refractivity contribution is 5.81. The summed E-state index contributed by atoms with van der Waals surface area (Å²) in [7, 11) is 0. The monoisotopic (exact) mass is 464 g/mol. The molecule has 34 heavy (non-hydrogen) atoms. The van der Waals surface area contributed by atoms with Gasteiger partial charge in [-0.3, -0.25) is 9.59 Å². The summed E-state index contributed by atoms with van der Waals surface area (Å²) in [6, 6.07) is 16.0. The highest BCUT2D eigenvalue weighted by Crippen LogP contribution is 2.44. The van der Waals surface area contributed by atoms with E-state index in [0.717, 1.165) is 24.0 Å². The minimum atomic E-state index is -0.917. The van der Waals surface area contributed by atoms with E-state index < -0.39 is 18.0 Å². The number of hydrogen-bond acceptors (Lipinski definition) is 4. The van der Waals surface area contributed by atoms with Crippen LogP contribution in [0, 0.1) is 11.8 Å². The van der Waals surface area contributed by atoms with Crippen molar-refractivity contribution < 1.29 is 24.2 Å². The Kier molecular flexibility index (Phi) is 7.50. The predicted octanol–water partition coefficient (Wildman–Crippen LogP) is 4.31. The molecular weight excluding hydrogens is 432 g/mol. The molecule has 180 valence electrons. The van der Waals surface area contributed by atoms with Gasteiger partial charge in [-0.25, -0.2) is 4.79 Å². The number of ether oxygens (including phenoxy) is 1. The van der Waals surface area contributed by atoms with E-state index >= 15 is 0 Å². The van der Waals surface area contributed by atoms with Crippen LogP contribution in [0.3, 0.4) is 0 Å². The molecule has 2 aliphatic rings. The van der Waals surface area contributed by atoms with E-state index in [0.29, 0.717) is 19.3 Å². The second kappa shape index (κ2) is 10.7. The molecule has 7 heteroatoms. The number of alkyl carbamates (subject to hydrolysis) is 1. The molecule has 0 saturated heterocycles. The Labute approximate surface area is 199 Å². The van der Waals surface area contributed by atoms with Crippen molar-refractivity contribution in [3.8, 4) is 11.1 Å². The number of aliphatic carboxylic acids is 1. The van der Waals surface area contributed by atoms with E-state index in [-0.39, 0.29) is 36.9 Å². The van der Waals surface area contributed by atoms with Crippen LogP contribution in [-0.4, -0.2) is 42.3 Å². The molecule has 3 atom stereocenters. The Morgan fingerprint density at radius 3 is 2.24 bits per heavy atom. The normalized spacial score (nSPS) is 20.0. The van der Waals surface area contributed by atoms with Crippen LogP contribution < -0.4 is 10.6 Å². The third-order valence-electron chi connectivity index (χ3n) is 7.11. The van der Waals surface area contributed by atoms with Crippen LogP contribution in [0.2, 0.25) is 0 Å². The van der Waals surface area contributed by atoms with Crippen LogP contribution in [0.1, 0.15) is 56.1 Å². The molecule has 1 unspecified atom stereocenters. The average Bonchev–Trinajstić information content (AvgIpc) is 3.17. The second-order valence-corrected chi connectivity index (χ2v) is 9.16. The van der Waals surface area contributed by atoms with E-state index in [4.69, 9.17) is 4.74 Å². The number of rotatable bonds is 8. The largest absolute Gasteiger partial charge is 0.481 e. The number of hydrogen-bond donors (Lipinski definition) is 3. The van der Waals surface area contributed by atoms with Gasteiger partial charge in [0.05, 0.1) is 11.8 Å². The first kappa shape index (κ1) is 23.8. The van der Waals surface area contributed by atoms with Crippen LogP contribution in [0.4, 0.5) is 4.79 Å². The molecule has 0 radical (unpaired) electrons. The van der Waals surface area contributed by atoms with Crippen LogP contribution in [0.15, 0.2) is 48.5 Å². The van der Waals surface area contributed by atoms with Crippen LogP contribution in [-0.2, 0) is 14.3 Å². The van der Waals surface area contributed by atoms with E-state index in [1.54, 1.807) is 6.92 Å². The number of nitrogens with one attached hydrogen (secondary N) is 2. The maximum atomic E-state index is 12.8. The number of benzene rings is 2. The molecule has 0 heterocycles. The summed E-state index contributed by atoms with van der Waals surface area (Å²) >= 11 is 0. The molecule has 0 aromatic heterocycles. The molecule has 0 spiro atoms. The molecule has 2 amide bonds. The van der Waals surface area contributed by atoms with Gasteiger partial charge in [-0.05, 0) is 41.5 Å². The lowest BCUT2D eigenvalue weighted by Crippen LogP contribution is -2.49. The summed E-state index contributed by atoms with van der Waals surface area (Å²) in [4.78, 5) is 36.7. The van der Waals surface area contributed by atoms with Crippen molar-refractivity contribution >= 4 is 18.0 Å². The molecule has 1 fully saturated rings. The molecule has 4 rings (SSSR count). The standard InChI is InChI=1S/C27H32N2O5/c1-2-17(26(31)32)15-28-25(30)22-13-7-8-14-24(22)29-27(33)34-16-23-20-11-5-3-9-18(20)19-10-4-6-12-21(19)23/h3-6,9-12,17,22-24H,2,7-8,13-16H2,1H3,(H,28,30)(H,29,33)(H,31,32)/t17?,22-,24+/m1/s1. The Hall–Kier alpha value is -3.35. The maximum Gasteiger partial charge on any atom is 0.407 e. The van der Waals surface area contributed by atoms with Gasteiger partial charge in [-0.2, -0.15) is 0 Å². The molecule has 0 bridgehead atoms. The SMILES string of the molecule is CCC(CNC(=O)[C@@H]1CCCC[C@@H]1NC(=O)OCC1c2ccccc2-c2ccccc21)C(=O)O. The fraction of sp³-hybridized carbons (Fsp3) is 0.444. The number of carbonyl (C=O) groups excluding carboxylic acids is 2. The Bertz CT molecular complexity index is 1010. The van der Waals surface area contributed by atoms with Gasteiger partial charge in [-0.15, -0.1) is 0 Å². The lowest BCUT2D eigenvalue weighted by molar-refractivity contribution is -0.141. The molecular formula is C27H32N2O5. The maximum absolute atomic E-state index is 12.8. The first-order chi connectivity index (χ1) is 16.5. The summed E-state index contributed by atoms with van der Waals surface area (Å²) in [6.07, 6.45) is 3.09. The predicted molar refractivity (Wildman–Crippen MR) is 128 cm³/mol. The van der Waals surface area contributed by atoms with Gasteiger partial charge in [0.15, 0.2) is 0 Å². The molecule has 2 aromatic rings. The smallest absolute Gasteiger partial charge is 0.407 e. The van der Waals surface area contributed by atoms with Gasteiger partial charge in [0, 0.05) is 18.5 Å². The van der Waals surface area contributed by atoms with Gasteiger partial charge in [0.2, 0.25) is 5.91 Å². The number of fused-ring (bicyclic) bond motifs is 3. The highest BCUT2D eigenvalue weighted by Gasteiger charge is 2.34. The summed E-state index contributed by atoms with van der Waals surface area (Å²) in [6.45, 7) is 2.10. The Balaban J connectivity index is 1.36. The topological polar surface area (TPSA) is 105 Å². The van der Waals surface area contributed by atoms with Crippen molar-refractivity contribution in [2.45, 2.75) is 51.0 Å². The third-order valence-corrected chi connectivity index (χ3v) is 7.11. The van der Waals surface area contributed by atoms with Gasteiger partial charge in [0.25, 0.3) is 0 Å². The molecule has 2 aromatic carbocycles. The molecule has 0 aliphatic heterocycles. The van der Waals surface area contributed by atoms with E-state index in [1.165, 1.54) is 11.1 Å². The van der Waals surface area contributed by atoms with Crippen LogP contribution in [0.5, 0.6) is 0 Å². The molecule has 1 saturated carbocycles. The van der Waals surface area contributed by atoms with Crippen molar-refractivity contribution in [1.29, 1.82) is 0 Å². The van der Waals surface area contributed by atoms with Crippen molar-refractivity contribution in [3.05, 3.63) is 59.7 Å². The summed E-state index contributed by atoms with van der Waals surface area (Å²) in [5, 5.41) is 14.9. The van der Waals surface area contributed by atoms with E-state index in [9.17, 15) is 19.5 Å². The van der Waals surface area contributed by atoms with Crippen molar-refractivity contribution in [2.75, 3.05) is 13.2 Å². The third kappa shape index (κ3) is 5.08. The zero-order valence-corrected chi connectivity index (χ0v) is 19.5. The molecule has 3 N–H and O–H groups in total. The van der Waals surface area contributed by atoms with Gasteiger partial charge < -0.3 is 20.5 Å². The number of amides is 2. The second-order valence-electron chi connectivity index (χ2n) is 9.16. The first-order valence-electron chi connectivity index (χ1n) is 12.1. The van der Waals surface area contributed by atoms with Crippen molar-refractivity contribution in [2.24, 2.45) is 11.8 Å². The zero-order chi connectivity index (χ0) is 24.1. The number of carbonyl (C=O) groups is 3. The summed E-state index contributed by atoms with van der Waals surface area (Å²) < 4.78 is 5.66. The Morgan fingerprint density at radius 1 is 1.00 bits per heavy atom.